The van der Waals surface area contributed by atoms with E-state index in [1.54, 1.807) is 0 Å². The minimum absolute atomic E-state index is 0.113. The zero-order valence-corrected chi connectivity index (χ0v) is 9.84. The fourth-order valence-corrected chi connectivity index (χ4v) is 1.47. The van der Waals surface area contributed by atoms with E-state index < -0.39 is 5.91 Å². The van der Waals surface area contributed by atoms with Crippen LogP contribution in [0, 0.1) is 0 Å². The van der Waals surface area contributed by atoms with Gasteiger partial charge in [0.15, 0.2) is 5.69 Å². The maximum atomic E-state index is 11.9. The van der Waals surface area contributed by atoms with Gasteiger partial charge in [-0.05, 0) is 6.42 Å². The van der Waals surface area contributed by atoms with E-state index in [4.69, 9.17) is 5.73 Å². The molecule has 2 heterocycles. The Balaban J connectivity index is 2.14. The molecule has 0 saturated heterocycles. The molecule has 18 heavy (non-hydrogen) atoms. The number of hydrogen-bond acceptors (Lipinski definition) is 6. The molecule has 0 aliphatic carbocycles. The largest absolute Gasteiger partial charge is 0.395 e. The predicted molar refractivity (Wildman–Crippen MR) is 64.8 cm³/mol. The Labute approximate surface area is 103 Å². The van der Waals surface area contributed by atoms with E-state index in [-0.39, 0.29) is 11.6 Å². The quantitative estimate of drug-likeness (QED) is 0.717. The Kier molecular flexibility index (Phi) is 3.46. The lowest BCUT2D eigenvalue weighted by Crippen LogP contribution is -2.16. The molecule has 0 aliphatic rings. The fourth-order valence-electron chi connectivity index (χ4n) is 1.47. The van der Waals surface area contributed by atoms with Crippen LogP contribution in [-0.2, 0) is 6.42 Å². The van der Waals surface area contributed by atoms with Gasteiger partial charge in [-0.2, -0.15) is 10.2 Å². The fraction of sp³-hybridized carbons (Fsp3) is 0.300. The maximum Gasteiger partial charge on any atom is 0.280 e. The summed E-state index contributed by atoms with van der Waals surface area (Å²) in [5.41, 5.74) is 7.10. The summed E-state index contributed by atoms with van der Waals surface area (Å²) in [6.45, 7) is 2.02. The summed E-state index contributed by atoms with van der Waals surface area (Å²) in [5, 5.41) is 16.4. The highest BCUT2D eigenvalue weighted by molar-refractivity contribution is 6.05. The normalized spacial score (nSPS) is 10.3. The van der Waals surface area contributed by atoms with E-state index in [0.29, 0.717) is 5.69 Å². The second-order valence-corrected chi connectivity index (χ2v) is 3.63. The van der Waals surface area contributed by atoms with Crippen LogP contribution in [0.4, 0.5) is 11.6 Å². The maximum absolute atomic E-state index is 11.9. The van der Waals surface area contributed by atoms with E-state index in [0.717, 1.165) is 18.5 Å². The molecule has 0 saturated carbocycles. The first-order valence-electron chi connectivity index (χ1n) is 5.50. The van der Waals surface area contributed by atoms with Crippen LogP contribution < -0.4 is 11.1 Å². The van der Waals surface area contributed by atoms with Crippen molar-refractivity contribution in [2.45, 2.75) is 19.8 Å². The molecule has 94 valence electrons. The number of nitrogen functional groups attached to an aromatic ring is 1. The summed E-state index contributed by atoms with van der Waals surface area (Å²) in [6, 6.07) is 0. The van der Waals surface area contributed by atoms with Crippen LogP contribution in [0.5, 0.6) is 0 Å². The number of carbonyl (C=O) groups is 1. The van der Waals surface area contributed by atoms with Crippen molar-refractivity contribution in [3.05, 3.63) is 23.8 Å². The highest BCUT2D eigenvalue weighted by Gasteiger charge is 2.17. The Bertz CT molecular complexity index is 536. The zero-order chi connectivity index (χ0) is 13.0. The van der Waals surface area contributed by atoms with Crippen LogP contribution in [0.1, 0.15) is 29.5 Å². The van der Waals surface area contributed by atoms with Crippen molar-refractivity contribution in [3.8, 4) is 0 Å². The second-order valence-electron chi connectivity index (χ2n) is 3.63. The molecular weight excluding hydrogens is 234 g/mol. The lowest BCUT2D eigenvalue weighted by Gasteiger charge is -2.00. The molecule has 2 aromatic heterocycles. The molecule has 2 rings (SSSR count). The number of amides is 1. The van der Waals surface area contributed by atoms with Crippen molar-refractivity contribution < 1.29 is 4.79 Å². The number of nitrogens with zero attached hydrogens (tertiary/aromatic N) is 4. The van der Waals surface area contributed by atoms with Crippen molar-refractivity contribution >= 4 is 17.5 Å². The van der Waals surface area contributed by atoms with Gasteiger partial charge in [0.1, 0.15) is 0 Å². The Morgan fingerprint density at radius 2 is 2.33 bits per heavy atom. The monoisotopic (exact) mass is 247 g/mol. The smallest absolute Gasteiger partial charge is 0.280 e. The zero-order valence-electron chi connectivity index (χ0n) is 9.84. The first kappa shape index (κ1) is 12.0. The molecule has 0 aliphatic heterocycles. The van der Waals surface area contributed by atoms with Gasteiger partial charge in [-0.25, -0.2) is 4.98 Å². The minimum atomic E-state index is -0.459. The van der Waals surface area contributed by atoms with Crippen molar-refractivity contribution in [1.82, 2.24) is 25.4 Å². The van der Waals surface area contributed by atoms with Gasteiger partial charge in [-0.1, -0.05) is 13.3 Å². The number of anilines is 2. The summed E-state index contributed by atoms with van der Waals surface area (Å²) in [6.07, 6.45) is 4.51. The van der Waals surface area contributed by atoms with Gasteiger partial charge >= 0.3 is 0 Å². The number of rotatable bonds is 4. The SMILES string of the molecule is CCCc1[nH]nc(C(=O)Nc2nccnn2)c1N. The lowest BCUT2D eigenvalue weighted by atomic mass is 10.2. The third-order valence-electron chi connectivity index (χ3n) is 2.31. The Hall–Kier alpha value is -2.51. The molecule has 8 heteroatoms. The lowest BCUT2D eigenvalue weighted by molar-refractivity contribution is 0.102. The number of carbonyl (C=O) groups excluding carboxylic acids is 1. The Morgan fingerprint density at radius 3 is 3.00 bits per heavy atom. The van der Waals surface area contributed by atoms with Crippen molar-refractivity contribution in [1.29, 1.82) is 0 Å². The van der Waals surface area contributed by atoms with Gasteiger partial charge in [0, 0.05) is 0 Å². The Morgan fingerprint density at radius 1 is 1.50 bits per heavy atom. The van der Waals surface area contributed by atoms with Gasteiger partial charge in [-0.15, -0.1) is 5.10 Å². The number of nitrogens with two attached hydrogens (primary N) is 1. The van der Waals surface area contributed by atoms with Crippen LogP contribution in [0.3, 0.4) is 0 Å². The van der Waals surface area contributed by atoms with Crippen LogP contribution >= 0.6 is 0 Å². The number of aryl methyl sites for hydroxylation is 1. The summed E-state index contributed by atoms with van der Waals surface area (Å²) < 4.78 is 0. The number of nitrogens with one attached hydrogen (secondary N) is 2. The highest BCUT2D eigenvalue weighted by Crippen LogP contribution is 2.16. The summed E-state index contributed by atoms with van der Waals surface area (Å²) in [7, 11) is 0. The third kappa shape index (κ3) is 2.42. The number of hydrogen-bond donors (Lipinski definition) is 3. The molecular formula is C10H13N7O. The van der Waals surface area contributed by atoms with Gasteiger partial charge in [0.05, 0.1) is 23.8 Å². The number of H-pyrrole nitrogens is 1. The van der Waals surface area contributed by atoms with Crippen LogP contribution in [0.25, 0.3) is 0 Å². The standard InChI is InChI=1S/C10H13N7O/c1-2-3-6-7(11)8(16-15-6)9(18)14-10-12-4-5-13-17-10/h4-5H,2-3,11H2,1H3,(H,15,16)(H,12,14,17,18). The average molecular weight is 247 g/mol. The van der Waals surface area contributed by atoms with E-state index in [9.17, 15) is 4.79 Å². The summed E-state index contributed by atoms with van der Waals surface area (Å²) in [5.74, 6) is -0.346. The molecule has 0 fully saturated rings. The predicted octanol–water partition coefficient (Wildman–Crippen LogP) is 0.382. The molecule has 0 atom stereocenters. The van der Waals surface area contributed by atoms with Gasteiger partial charge in [-0.3, -0.25) is 15.2 Å². The van der Waals surface area contributed by atoms with Gasteiger partial charge in [0.25, 0.3) is 5.91 Å². The highest BCUT2D eigenvalue weighted by atomic mass is 16.2. The van der Waals surface area contributed by atoms with E-state index in [1.165, 1.54) is 12.4 Å². The molecule has 0 spiro atoms. The van der Waals surface area contributed by atoms with Crippen molar-refractivity contribution in [3.63, 3.8) is 0 Å². The number of aromatic amines is 1. The van der Waals surface area contributed by atoms with Crippen molar-refractivity contribution in [2.24, 2.45) is 0 Å². The molecule has 8 nitrogen and oxygen atoms in total. The van der Waals surface area contributed by atoms with E-state index in [2.05, 4.69) is 30.7 Å². The number of aromatic nitrogens is 5. The summed E-state index contributed by atoms with van der Waals surface area (Å²) >= 11 is 0. The van der Waals surface area contributed by atoms with Crippen LogP contribution in [0.2, 0.25) is 0 Å². The minimum Gasteiger partial charge on any atom is -0.395 e. The van der Waals surface area contributed by atoms with E-state index in [1.807, 2.05) is 6.92 Å². The van der Waals surface area contributed by atoms with Crippen molar-refractivity contribution in [2.75, 3.05) is 11.1 Å². The van der Waals surface area contributed by atoms with Crippen LogP contribution in [-0.4, -0.2) is 31.3 Å². The molecule has 1 amide bonds. The van der Waals surface area contributed by atoms with E-state index >= 15 is 0 Å². The molecule has 4 N–H and O–H groups in total. The first-order valence-corrected chi connectivity index (χ1v) is 5.50. The van der Waals surface area contributed by atoms with Crippen LogP contribution in [0.15, 0.2) is 12.4 Å². The first-order chi connectivity index (χ1) is 8.72. The topological polar surface area (TPSA) is 122 Å². The van der Waals surface area contributed by atoms with Gasteiger partial charge < -0.3 is 5.73 Å². The molecule has 0 unspecified atom stereocenters. The molecule has 0 bridgehead atoms. The molecule has 0 radical (unpaired) electrons. The summed E-state index contributed by atoms with van der Waals surface area (Å²) in [4.78, 5) is 15.7. The third-order valence-corrected chi connectivity index (χ3v) is 2.31. The molecule has 0 aromatic carbocycles. The van der Waals surface area contributed by atoms with Gasteiger partial charge in [0.2, 0.25) is 5.95 Å². The second kappa shape index (κ2) is 5.21. The molecule has 2 aromatic rings. The average Bonchev–Trinajstić information content (AvgIpc) is 2.73.